The van der Waals surface area contributed by atoms with Crippen molar-refractivity contribution in [2.24, 2.45) is 0 Å². The van der Waals surface area contributed by atoms with E-state index in [-0.39, 0.29) is 0 Å². The van der Waals surface area contributed by atoms with Gasteiger partial charge in [0.25, 0.3) is 0 Å². The lowest BCUT2D eigenvalue weighted by Crippen LogP contribution is -2.54. The Labute approximate surface area is 162 Å². The zero-order chi connectivity index (χ0) is 18.5. The van der Waals surface area contributed by atoms with Crippen molar-refractivity contribution in [3.63, 3.8) is 0 Å². The van der Waals surface area contributed by atoms with E-state index in [1.807, 2.05) is 0 Å². The molecule has 1 saturated heterocycles. The molecule has 2 atom stereocenters. The zero-order valence-corrected chi connectivity index (χ0v) is 16.2. The third-order valence-electron chi connectivity index (χ3n) is 5.74. The minimum atomic E-state index is 0.380. The molecule has 2 aromatic carbocycles. The lowest BCUT2D eigenvalue weighted by atomic mass is 9.96. The molecule has 0 amide bonds. The van der Waals surface area contributed by atoms with Crippen molar-refractivity contribution >= 4 is 0 Å². The van der Waals surface area contributed by atoms with Gasteiger partial charge in [-0.2, -0.15) is 0 Å². The summed E-state index contributed by atoms with van der Waals surface area (Å²) in [5.41, 5.74) is 4.13. The Balaban J connectivity index is 1.44. The van der Waals surface area contributed by atoms with Gasteiger partial charge in [0.05, 0.1) is 19.8 Å². The molecule has 144 valence electrons. The van der Waals surface area contributed by atoms with E-state index in [0.717, 1.165) is 57.9 Å². The number of nitrogens with zero attached hydrogens (tertiary/aromatic N) is 1. The van der Waals surface area contributed by atoms with Crippen LogP contribution in [-0.4, -0.2) is 50.4 Å². The number of hydrogen-bond acceptors (Lipinski definition) is 4. The van der Waals surface area contributed by atoms with Crippen molar-refractivity contribution in [2.75, 3.05) is 33.4 Å². The lowest BCUT2D eigenvalue weighted by Gasteiger charge is -2.37. The van der Waals surface area contributed by atoms with Gasteiger partial charge in [-0.25, -0.2) is 0 Å². The van der Waals surface area contributed by atoms with Gasteiger partial charge >= 0.3 is 0 Å². The van der Waals surface area contributed by atoms with E-state index in [4.69, 9.17) is 9.47 Å². The molecule has 0 saturated carbocycles. The van der Waals surface area contributed by atoms with Gasteiger partial charge in [0.1, 0.15) is 5.75 Å². The summed E-state index contributed by atoms with van der Waals surface area (Å²) >= 11 is 0. The Morgan fingerprint density at radius 1 is 1.11 bits per heavy atom. The van der Waals surface area contributed by atoms with E-state index in [1.54, 1.807) is 0 Å². The van der Waals surface area contributed by atoms with Crippen LogP contribution in [0.1, 0.15) is 23.1 Å². The Morgan fingerprint density at radius 2 is 2.00 bits per heavy atom. The zero-order valence-electron chi connectivity index (χ0n) is 16.2. The summed E-state index contributed by atoms with van der Waals surface area (Å²) < 4.78 is 11.4. The van der Waals surface area contributed by atoms with Crippen LogP contribution < -0.4 is 10.1 Å². The van der Waals surface area contributed by atoms with Gasteiger partial charge in [0.15, 0.2) is 0 Å². The summed E-state index contributed by atoms with van der Waals surface area (Å²) in [5.74, 6) is 1.07. The summed E-state index contributed by atoms with van der Waals surface area (Å²) in [7, 11) is 2.24. The van der Waals surface area contributed by atoms with Crippen LogP contribution in [0.25, 0.3) is 0 Å². The number of likely N-dealkylation sites (N-methyl/N-ethyl adjacent to an activating group) is 1. The summed E-state index contributed by atoms with van der Waals surface area (Å²) in [4.78, 5) is 2.48. The molecule has 0 aliphatic carbocycles. The molecule has 4 heteroatoms. The van der Waals surface area contributed by atoms with Gasteiger partial charge in [-0.15, -0.1) is 0 Å². The number of ether oxygens (including phenoxy) is 2. The molecule has 0 aromatic heterocycles. The van der Waals surface area contributed by atoms with Crippen molar-refractivity contribution in [1.29, 1.82) is 0 Å². The molecular weight excluding hydrogens is 336 g/mol. The normalized spacial score (nSPS) is 20.3. The van der Waals surface area contributed by atoms with Crippen molar-refractivity contribution in [2.45, 2.75) is 37.9 Å². The maximum absolute atomic E-state index is 5.77. The number of rotatable bonds is 7. The predicted octanol–water partition coefficient (Wildman–Crippen LogP) is 3.04. The number of fused-ring (bicyclic) bond motifs is 1. The molecule has 2 unspecified atom stereocenters. The quantitative estimate of drug-likeness (QED) is 0.817. The molecular formula is C23H30N2O2. The molecule has 2 aliphatic rings. The van der Waals surface area contributed by atoms with Crippen molar-refractivity contribution < 1.29 is 9.47 Å². The second-order valence-corrected chi connectivity index (χ2v) is 7.68. The monoisotopic (exact) mass is 366 g/mol. The van der Waals surface area contributed by atoms with Crippen molar-refractivity contribution in [3.05, 3.63) is 65.2 Å². The molecule has 2 heterocycles. The van der Waals surface area contributed by atoms with Gasteiger partial charge in [-0.1, -0.05) is 42.5 Å². The molecule has 0 bridgehead atoms. The van der Waals surface area contributed by atoms with E-state index >= 15 is 0 Å². The van der Waals surface area contributed by atoms with Crippen LogP contribution in [0.5, 0.6) is 5.75 Å². The van der Waals surface area contributed by atoms with Crippen LogP contribution in [0.2, 0.25) is 0 Å². The highest BCUT2D eigenvalue weighted by Crippen LogP contribution is 2.27. The number of hydrogen-bond donors (Lipinski definition) is 1. The molecule has 0 spiro atoms. The fourth-order valence-corrected chi connectivity index (χ4v) is 4.26. The Hall–Kier alpha value is -1.88. The van der Waals surface area contributed by atoms with Crippen LogP contribution in [0.15, 0.2) is 48.5 Å². The van der Waals surface area contributed by atoms with Crippen LogP contribution in [0.4, 0.5) is 0 Å². The first-order chi connectivity index (χ1) is 13.3. The molecule has 0 radical (unpaired) electrons. The van der Waals surface area contributed by atoms with E-state index < -0.39 is 0 Å². The van der Waals surface area contributed by atoms with Crippen molar-refractivity contribution in [1.82, 2.24) is 10.2 Å². The van der Waals surface area contributed by atoms with Crippen LogP contribution in [0, 0.1) is 0 Å². The highest BCUT2D eigenvalue weighted by molar-refractivity contribution is 5.39. The fourth-order valence-electron chi connectivity index (χ4n) is 4.26. The van der Waals surface area contributed by atoms with Gasteiger partial charge < -0.3 is 14.8 Å². The third-order valence-corrected chi connectivity index (χ3v) is 5.74. The summed E-state index contributed by atoms with van der Waals surface area (Å²) in [6.45, 7) is 4.33. The standard InChI is InChI=1S/C23H30N2O2/c1-25(16-19-5-3-2-4-6-19)22(21-17-26-14-12-24-21)9-7-18-8-10-23-20(15-18)11-13-27-23/h2-6,8,10,15,21-22,24H,7,9,11-14,16-17H2,1H3. The molecule has 27 heavy (non-hydrogen) atoms. The Bertz CT molecular complexity index is 728. The first-order valence-electron chi connectivity index (χ1n) is 10.1. The van der Waals surface area contributed by atoms with Crippen LogP contribution in [-0.2, 0) is 24.1 Å². The van der Waals surface area contributed by atoms with Crippen molar-refractivity contribution in [3.8, 4) is 5.75 Å². The Morgan fingerprint density at radius 3 is 2.81 bits per heavy atom. The molecule has 4 rings (SSSR count). The maximum Gasteiger partial charge on any atom is 0.122 e. The van der Waals surface area contributed by atoms with Gasteiger partial charge in [0.2, 0.25) is 0 Å². The molecule has 1 N–H and O–H groups in total. The largest absolute Gasteiger partial charge is 0.493 e. The first-order valence-corrected chi connectivity index (χ1v) is 10.1. The smallest absolute Gasteiger partial charge is 0.122 e. The van der Waals surface area contributed by atoms with E-state index in [2.05, 4.69) is 65.8 Å². The minimum Gasteiger partial charge on any atom is -0.493 e. The van der Waals surface area contributed by atoms with Crippen LogP contribution >= 0.6 is 0 Å². The lowest BCUT2D eigenvalue weighted by molar-refractivity contribution is 0.0371. The minimum absolute atomic E-state index is 0.380. The second-order valence-electron chi connectivity index (χ2n) is 7.68. The number of benzene rings is 2. The van der Waals surface area contributed by atoms with Gasteiger partial charge in [0, 0.05) is 31.6 Å². The van der Waals surface area contributed by atoms with E-state index in [9.17, 15) is 0 Å². The average molecular weight is 367 g/mol. The fraction of sp³-hybridized carbons (Fsp3) is 0.478. The van der Waals surface area contributed by atoms with Gasteiger partial charge in [-0.05, 0) is 42.6 Å². The highest BCUT2D eigenvalue weighted by atomic mass is 16.5. The predicted molar refractivity (Wildman–Crippen MR) is 108 cm³/mol. The van der Waals surface area contributed by atoms with E-state index in [1.165, 1.54) is 16.7 Å². The second kappa shape index (κ2) is 8.87. The maximum atomic E-state index is 5.77. The number of nitrogens with one attached hydrogen (secondary N) is 1. The molecule has 4 nitrogen and oxygen atoms in total. The topological polar surface area (TPSA) is 33.7 Å². The van der Waals surface area contributed by atoms with E-state index in [0.29, 0.717) is 12.1 Å². The Kier molecular flexibility index (Phi) is 6.07. The van der Waals surface area contributed by atoms with Crippen LogP contribution in [0.3, 0.4) is 0 Å². The molecule has 2 aromatic rings. The molecule has 2 aliphatic heterocycles. The third kappa shape index (κ3) is 4.70. The summed E-state index contributed by atoms with van der Waals surface area (Å²) in [6.07, 6.45) is 3.23. The summed E-state index contributed by atoms with van der Waals surface area (Å²) in [5, 5.41) is 3.68. The number of aryl methyl sites for hydroxylation is 1. The average Bonchev–Trinajstić information content (AvgIpc) is 3.18. The first kappa shape index (κ1) is 18.5. The number of morpholine rings is 1. The molecule has 1 fully saturated rings. The highest BCUT2D eigenvalue weighted by Gasteiger charge is 2.27. The SMILES string of the molecule is CN(Cc1ccccc1)C(CCc1ccc2c(c1)CCO2)C1COCCN1. The summed E-state index contributed by atoms with van der Waals surface area (Å²) in [6, 6.07) is 18.2. The van der Waals surface area contributed by atoms with Gasteiger partial charge in [-0.3, -0.25) is 4.90 Å².